The summed E-state index contributed by atoms with van der Waals surface area (Å²) in [4.78, 5) is 25.0. The van der Waals surface area contributed by atoms with E-state index in [4.69, 9.17) is 9.47 Å². The van der Waals surface area contributed by atoms with Gasteiger partial charge in [-0.2, -0.15) is 5.10 Å². The number of benzene rings is 1. The zero-order valence-corrected chi connectivity index (χ0v) is 18.4. The number of carbonyl (C=O) groups excluding carboxylic acids is 1. The third-order valence-electron chi connectivity index (χ3n) is 5.37. The number of fused-ring (bicyclic) bond motifs is 2. The minimum atomic E-state index is -0.918. The van der Waals surface area contributed by atoms with E-state index < -0.39 is 17.3 Å². The number of carbonyl (C=O) groups is 1. The van der Waals surface area contributed by atoms with Gasteiger partial charge in [-0.1, -0.05) is 0 Å². The summed E-state index contributed by atoms with van der Waals surface area (Å²) in [7, 11) is 0. The van der Waals surface area contributed by atoms with E-state index in [-0.39, 0.29) is 29.5 Å². The van der Waals surface area contributed by atoms with E-state index in [1.165, 1.54) is 24.9 Å². The number of anilines is 1. The van der Waals surface area contributed by atoms with Crippen molar-refractivity contribution in [1.29, 1.82) is 0 Å². The lowest BCUT2D eigenvalue weighted by molar-refractivity contribution is 0.0654. The quantitative estimate of drug-likeness (QED) is 0.446. The molecule has 0 aliphatic carbocycles. The minimum Gasteiger partial charge on any atom is -0.453 e. The van der Waals surface area contributed by atoms with Crippen LogP contribution in [0.2, 0.25) is 0 Å². The van der Waals surface area contributed by atoms with Crippen molar-refractivity contribution in [3.05, 3.63) is 54.5 Å². The summed E-state index contributed by atoms with van der Waals surface area (Å²) < 4.78 is 27.2. The van der Waals surface area contributed by atoms with E-state index in [1.54, 1.807) is 36.7 Å². The fraction of sp³-hybridized carbons (Fsp3) is 0.261. The maximum absolute atomic E-state index is 15.1. The summed E-state index contributed by atoms with van der Waals surface area (Å²) in [5.74, 6) is -0.370. The van der Waals surface area contributed by atoms with E-state index in [9.17, 15) is 9.90 Å². The number of aromatic nitrogens is 5. The number of hydrogen-bond donors (Lipinski definition) is 2. The lowest BCUT2D eigenvalue weighted by atomic mass is 10.0. The molecule has 4 heterocycles. The summed E-state index contributed by atoms with van der Waals surface area (Å²) in [5, 5.41) is 17.9. The van der Waals surface area contributed by atoms with Gasteiger partial charge in [0.1, 0.15) is 6.33 Å². The van der Waals surface area contributed by atoms with Crippen molar-refractivity contribution in [2.75, 3.05) is 12.1 Å². The van der Waals surface area contributed by atoms with Crippen molar-refractivity contribution in [2.24, 2.45) is 0 Å². The molecule has 0 spiro atoms. The number of amides is 1. The Bertz CT molecular complexity index is 1380. The van der Waals surface area contributed by atoms with Gasteiger partial charge in [-0.3, -0.25) is 4.79 Å². The fourth-order valence-corrected chi connectivity index (χ4v) is 3.59. The highest BCUT2D eigenvalue weighted by Gasteiger charge is 2.24. The first-order valence-electron chi connectivity index (χ1n) is 10.5. The SMILES string of the molecule is CC(C)(O)CCn1nc(NC(=O)c2cncnc2)c2cc(-c3ccc4c(c3F)OCO4)cnc21. The van der Waals surface area contributed by atoms with Crippen LogP contribution >= 0.6 is 0 Å². The van der Waals surface area contributed by atoms with Gasteiger partial charge in [-0.15, -0.1) is 0 Å². The second-order valence-electron chi connectivity index (χ2n) is 8.47. The van der Waals surface area contributed by atoms with E-state index in [2.05, 4.69) is 25.4 Å². The number of pyridine rings is 1. The predicted molar refractivity (Wildman–Crippen MR) is 120 cm³/mol. The van der Waals surface area contributed by atoms with Crippen LogP contribution in [-0.2, 0) is 6.54 Å². The first kappa shape index (κ1) is 21.7. The van der Waals surface area contributed by atoms with Gasteiger partial charge in [-0.05, 0) is 38.5 Å². The van der Waals surface area contributed by atoms with Crippen LogP contribution < -0.4 is 14.8 Å². The molecular weight excluding hydrogens is 443 g/mol. The Kier molecular flexibility index (Phi) is 5.33. The average molecular weight is 464 g/mol. The Morgan fingerprint density at radius 3 is 2.79 bits per heavy atom. The normalized spacial score (nSPS) is 12.8. The molecule has 0 unspecified atom stereocenters. The molecule has 3 aromatic heterocycles. The van der Waals surface area contributed by atoms with Crippen molar-refractivity contribution in [3.8, 4) is 22.6 Å². The summed E-state index contributed by atoms with van der Waals surface area (Å²) in [6.07, 6.45) is 6.04. The molecule has 174 valence electrons. The topological polar surface area (TPSA) is 124 Å². The van der Waals surface area contributed by atoms with Gasteiger partial charge in [0.15, 0.2) is 23.0 Å². The first-order chi connectivity index (χ1) is 16.3. The minimum absolute atomic E-state index is 0.0413. The maximum atomic E-state index is 15.1. The second kappa shape index (κ2) is 8.34. The van der Waals surface area contributed by atoms with Crippen LogP contribution in [-0.4, -0.2) is 48.1 Å². The van der Waals surface area contributed by atoms with Gasteiger partial charge in [-0.25, -0.2) is 24.0 Å². The molecule has 1 aromatic carbocycles. The Balaban J connectivity index is 1.57. The molecule has 4 aromatic rings. The number of aliphatic hydroxyl groups is 1. The Hall–Kier alpha value is -4.12. The number of ether oxygens (including phenoxy) is 2. The Morgan fingerprint density at radius 2 is 2.03 bits per heavy atom. The summed E-state index contributed by atoms with van der Waals surface area (Å²) >= 11 is 0. The Labute approximate surface area is 193 Å². The third kappa shape index (κ3) is 4.13. The molecule has 0 bridgehead atoms. The van der Waals surface area contributed by atoms with E-state index in [1.807, 2.05) is 0 Å². The van der Waals surface area contributed by atoms with Crippen molar-refractivity contribution >= 4 is 22.8 Å². The first-order valence-corrected chi connectivity index (χ1v) is 10.5. The zero-order valence-electron chi connectivity index (χ0n) is 18.4. The molecule has 10 nitrogen and oxygen atoms in total. The molecule has 0 saturated heterocycles. The molecule has 1 aliphatic heterocycles. The number of halogens is 1. The van der Waals surface area contributed by atoms with Gasteiger partial charge >= 0.3 is 0 Å². The van der Waals surface area contributed by atoms with Crippen LogP contribution in [0.3, 0.4) is 0 Å². The third-order valence-corrected chi connectivity index (χ3v) is 5.37. The zero-order chi connectivity index (χ0) is 23.9. The number of hydrogen-bond acceptors (Lipinski definition) is 8. The van der Waals surface area contributed by atoms with E-state index >= 15 is 4.39 Å². The van der Waals surface area contributed by atoms with Crippen LogP contribution in [0.4, 0.5) is 10.2 Å². The monoisotopic (exact) mass is 464 g/mol. The fourth-order valence-electron chi connectivity index (χ4n) is 3.59. The highest BCUT2D eigenvalue weighted by atomic mass is 19.1. The second-order valence-corrected chi connectivity index (χ2v) is 8.47. The largest absolute Gasteiger partial charge is 0.453 e. The highest BCUT2D eigenvalue weighted by Crippen LogP contribution is 2.40. The molecule has 0 radical (unpaired) electrons. The van der Waals surface area contributed by atoms with Gasteiger partial charge in [0, 0.05) is 36.3 Å². The number of rotatable bonds is 6. The smallest absolute Gasteiger partial charge is 0.260 e. The van der Waals surface area contributed by atoms with Crippen LogP contribution in [0.5, 0.6) is 11.5 Å². The van der Waals surface area contributed by atoms with Crippen molar-refractivity contribution in [1.82, 2.24) is 24.7 Å². The van der Waals surface area contributed by atoms with Gasteiger partial charge in [0.25, 0.3) is 5.91 Å². The summed E-state index contributed by atoms with van der Waals surface area (Å²) in [6, 6.07) is 4.92. The molecule has 5 rings (SSSR count). The standard InChI is InChI=1S/C23H21FN6O4/c1-23(2,32)5-6-30-21-16(20(29-30)28-22(31)14-8-25-11-26-9-14)7-13(10-27-21)15-3-4-17-19(18(15)24)34-12-33-17/h3-4,7-11,32H,5-6,12H2,1-2H3,(H,28,29,31). The highest BCUT2D eigenvalue weighted by molar-refractivity contribution is 6.07. The van der Waals surface area contributed by atoms with Crippen LogP contribution in [0.25, 0.3) is 22.2 Å². The van der Waals surface area contributed by atoms with E-state index in [0.717, 1.165) is 0 Å². The van der Waals surface area contributed by atoms with Gasteiger partial charge in [0.05, 0.1) is 16.6 Å². The molecule has 0 atom stereocenters. The molecule has 2 N–H and O–H groups in total. The lowest BCUT2D eigenvalue weighted by Gasteiger charge is -2.16. The Morgan fingerprint density at radius 1 is 1.24 bits per heavy atom. The number of nitrogens with one attached hydrogen (secondary N) is 1. The van der Waals surface area contributed by atoms with Crippen LogP contribution in [0, 0.1) is 5.82 Å². The van der Waals surface area contributed by atoms with Crippen molar-refractivity contribution < 1.29 is 23.8 Å². The molecule has 11 heteroatoms. The van der Waals surface area contributed by atoms with E-state index in [0.29, 0.717) is 35.3 Å². The van der Waals surface area contributed by atoms with Gasteiger partial charge < -0.3 is 19.9 Å². The summed E-state index contributed by atoms with van der Waals surface area (Å²) in [6.45, 7) is 3.71. The predicted octanol–water partition coefficient (Wildman–Crippen LogP) is 3.17. The van der Waals surface area contributed by atoms with Crippen LogP contribution in [0.15, 0.2) is 43.1 Å². The number of nitrogens with zero attached hydrogens (tertiary/aromatic N) is 5. The van der Waals surface area contributed by atoms with Crippen molar-refractivity contribution in [3.63, 3.8) is 0 Å². The molecule has 1 amide bonds. The summed E-state index contributed by atoms with van der Waals surface area (Å²) in [5.41, 5.74) is 0.570. The lowest BCUT2D eigenvalue weighted by Crippen LogP contribution is -2.21. The van der Waals surface area contributed by atoms with Crippen LogP contribution in [0.1, 0.15) is 30.6 Å². The number of aryl methyl sites for hydroxylation is 1. The molecule has 1 aliphatic rings. The molecule has 0 fully saturated rings. The average Bonchev–Trinajstić information content (AvgIpc) is 3.43. The molecule has 0 saturated carbocycles. The maximum Gasteiger partial charge on any atom is 0.260 e. The molecule has 34 heavy (non-hydrogen) atoms. The van der Waals surface area contributed by atoms with Gasteiger partial charge in [0.2, 0.25) is 12.5 Å². The molecular formula is C23H21FN6O4. The van der Waals surface area contributed by atoms with Crippen molar-refractivity contribution in [2.45, 2.75) is 32.4 Å².